The van der Waals surface area contributed by atoms with Gasteiger partial charge in [-0.3, -0.25) is 20.4 Å². The average Bonchev–Trinajstić information content (AvgIpc) is 2.71. The van der Waals surface area contributed by atoms with Gasteiger partial charge in [0.1, 0.15) is 5.69 Å². The van der Waals surface area contributed by atoms with E-state index in [2.05, 4.69) is 5.10 Å². The number of nitrogens with zero attached hydrogens (tertiary/aromatic N) is 2. The summed E-state index contributed by atoms with van der Waals surface area (Å²) >= 11 is 0. The van der Waals surface area contributed by atoms with Crippen LogP contribution in [0.4, 0.5) is 23.2 Å². The fourth-order valence-electron chi connectivity index (χ4n) is 2.80. The van der Waals surface area contributed by atoms with Crippen molar-refractivity contribution in [2.45, 2.75) is 26.8 Å². The lowest BCUT2D eigenvalue weighted by atomic mass is 10.1. The molecule has 6 nitrogen and oxygen atoms in total. The molecule has 3 aromatic rings. The number of fused-ring (bicyclic) bond motifs is 1. The zero-order chi connectivity index (χ0) is 22.0. The number of carbonyl (C=O) groups is 1. The third kappa shape index (κ3) is 4.12. The highest BCUT2D eigenvalue weighted by atomic mass is 19.2. The molecule has 0 atom stereocenters. The molecule has 10 heteroatoms. The predicted molar refractivity (Wildman–Crippen MR) is 103 cm³/mol. The summed E-state index contributed by atoms with van der Waals surface area (Å²) in [5.74, 6) is -7.33. The van der Waals surface area contributed by atoms with Crippen molar-refractivity contribution in [1.82, 2.24) is 15.2 Å². The molecule has 0 aliphatic rings. The summed E-state index contributed by atoms with van der Waals surface area (Å²) in [6.45, 7) is 4.18. The quantitative estimate of drug-likeness (QED) is 0.360. The van der Waals surface area contributed by atoms with Gasteiger partial charge in [0.25, 0.3) is 11.5 Å². The van der Waals surface area contributed by atoms with Gasteiger partial charge < -0.3 is 0 Å². The Morgan fingerprint density at radius 3 is 2.27 bits per heavy atom. The van der Waals surface area contributed by atoms with Gasteiger partial charge in [0, 0.05) is 18.0 Å². The Balaban J connectivity index is 1.97. The summed E-state index contributed by atoms with van der Waals surface area (Å²) in [5, 5.41) is 4.53. The molecule has 1 amide bonds. The first-order valence-corrected chi connectivity index (χ1v) is 9.10. The third-order valence-corrected chi connectivity index (χ3v) is 4.41. The maximum atomic E-state index is 13.8. The molecule has 2 aromatic carbocycles. The van der Waals surface area contributed by atoms with E-state index in [1.54, 1.807) is 12.1 Å². The largest absolute Gasteiger partial charge is 0.293 e. The molecule has 0 saturated heterocycles. The Hall–Kier alpha value is -3.43. The summed E-state index contributed by atoms with van der Waals surface area (Å²) in [7, 11) is 0. The van der Waals surface area contributed by atoms with E-state index in [4.69, 9.17) is 0 Å². The van der Waals surface area contributed by atoms with Crippen LogP contribution in [0.1, 0.15) is 30.8 Å². The van der Waals surface area contributed by atoms with Crippen LogP contribution in [0, 0.1) is 29.2 Å². The van der Waals surface area contributed by atoms with Crippen LogP contribution in [0.2, 0.25) is 0 Å². The number of hydrogen-bond donors (Lipinski definition) is 2. The fourth-order valence-corrected chi connectivity index (χ4v) is 2.80. The molecule has 1 aromatic heterocycles. The SMILES string of the molecule is CC(C)CCn1nc(C(=O)NNc2c(F)c(F)cc(F)c2F)c2ccccc2c1=O. The van der Waals surface area contributed by atoms with Crippen molar-refractivity contribution in [2.75, 3.05) is 5.43 Å². The number of hydrazine groups is 1. The topological polar surface area (TPSA) is 76.0 Å². The summed E-state index contributed by atoms with van der Waals surface area (Å²) in [5.41, 5.74) is 2.05. The molecule has 0 unspecified atom stereocenters. The van der Waals surface area contributed by atoms with Crippen molar-refractivity contribution in [3.8, 4) is 0 Å². The standard InChI is InChI=1S/C20H18F4N4O2/c1-10(2)7-8-28-20(30)12-6-4-3-5-11(12)17(27-28)19(29)26-25-18-15(23)13(21)9-14(22)16(18)24/h3-6,9-10,25H,7-8H2,1-2H3,(H,26,29). The molecule has 0 fully saturated rings. The van der Waals surface area contributed by atoms with Crippen molar-refractivity contribution in [2.24, 2.45) is 5.92 Å². The highest BCUT2D eigenvalue weighted by molar-refractivity contribution is 6.05. The summed E-state index contributed by atoms with van der Waals surface area (Å²) in [6.07, 6.45) is 0.629. The molecule has 3 rings (SSSR count). The van der Waals surface area contributed by atoms with Gasteiger partial charge in [-0.05, 0) is 18.4 Å². The number of anilines is 1. The first-order chi connectivity index (χ1) is 14.2. The first kappa shape index (κ1) is 21.3. The smallest absolute Gasteiger partial charge is 0.290 e. The van der Waals surface area contributed by atoms with Crippen LogP contribution in [0.5, 0.6) is 0 Å². The Labute approximate surface area is 168 Å². The van der Waals surface area contributed by atoms with Crippen LogP contribution < -0.4 is 16.4 Å². The molecule has 0 aliphatic heterocycles. The highest BCUT2D eigenvalue weighted by Crippen LogP contribution is 2.23. The number of rotatable bonds is 6. The number of benzene rings is 2. The molecule has 30 heavy (non-hydrogen) atoms. The van der Waals surface area contributed by atoms with Crippen LogP contribution in [0.3, 0.4) is 0 Å². The van der Waals surface area contributed by atoms with Gasteiger partial charge in [-0.2, -0.15) is 5.10 Å². The van der Waals surface area contributed by atoms with Crippen molar-refractivity contribution < 1.29 is 22.4 Å². The Bertz CT molecular complexity index is 1150. The second-order valence-electron chi connectivity index (χ2n) is 7.03. The van der Waals surface area contributed by atoms with E-state index in [1.807, 2.05) is 24.7 Å². The van der Waals surface area contributed by atoms with Gasteiger partial charge in [-0.15, -0.1) is 0 Å². The number of amides is 1. The van der Waals surface area contributed by atoms with Crippen molar-refractivity contribution in [1.29, 1.82) is 0 Å². The summed E-state index contributed by atoms with van der Waals surface area (Å²) in [4.78, 5) is 25.3. The molecule has 0 bridgehead atoms. The van der Waals surface area contributed by atoms with Crippen molar-refractivity contribution in [3.05, 3.63) is 69.6 Å². The molecule has 2 N–H and O–H groups in total. The number of aryl methyl sites for hydroxylation is 1. The minimum atomic E-state index is -1.70. The van der Waals surface area contributed by atoms with Crippen LogP contribution in [-0.2, 0) is 6.54 Å². The normalized spacial score (nSPS) is 11.2. The maximum Gasteiger partial charge on any atom is 0.290 e. The molecule has 1 heterocycles. The van der Waals surface area contributed by atoms with Gasteiger partial charge in [0.15, 0.2) is 29.0 Å². The highest BCUT2D eigenvalue weighted by Gasteiger charge is 2.21. The summed E-state index contributed by atoms with van der Waals surface area (Å²) in [6, 6.07) is 6.28. The third-order valence-electron chi connectivity index (χ3n) is 4.41. The Morgan fingerprint density at radius 1 is 1.07 bits per heavy atom. The van der Waals surface area contributed by atoms with Crippen LogP contribution >= 0.6 is 0 Å². The number of nitrogens with one attached hydrogen (secondary N) is 2. The Kier molecular flexibility index (Phi) is 6.04. The molecule has 0 spiro atoms. The number of halogens is 4. The molecular weight excluding hydrogens is 404 g/mol. The van der Waals surface area contributed by atoms with Gasteiger partial charge in [0.2, 0.25) is 0 Å². The van der Waals surface area contributed by atoms with Crippen molar-refractivity contribution in [3.63, 3.8) is 0 Å². The predicted octanol–water partition coefficient (Wildman–Crippen LogP) is 3.76. The van der Waals surface area contributed by atoms with E-state index in [0.29, 0.717) is 6.42 Å². The van der Waals surface area contributed by atoms with Gasteiger partial charge >= 0.3 is 0 Å². The number of carbonyl (C=O) groups excluding carboxylic acids is 1. The van der Waals surface area contributed by atoms with Gasteiger partial charge in [-0.1, -0.05) is 32.0 Å². The first-order valence-electron chi connectivity index (χ1n) is 9.10. The summed E-state index contributed by atoms with van der Waals surface area (Å²) < 4.78 is 55.4. The lowest BCUT2D eigenvalue weighted by Gasteiger charge is -2.14. The maximum absolute atomic E-state index is 13.8. The number of hydrogen-bond acceptors (Lipinski definition) is 4. The molecule has 0 aliphatic carbocycles. The van der Waals surface area contributed by atoms with E-state index in [1.165, 1.54) is 12.1 Å². The molecule has 158 valence electrons. The second-order valence-corrected chi connectivity index (χ2v) is 7.03. The van der Waals surface area contributed by atoms with Crippen molar-refractivity contribution >= 4 is 22.4 Å². The lowest BCUT2D eigenvalue weighted by Crippen LogP contribution is -2.34. The monoisotopic (exact) mass is 422 g/mol. The van der Waals surface area contributed by atoms with Gasteiger partial charge in [-0.25, -0.2) is 22.2 Å². The van der Waals surface area contributed by atoms with E-state index >= 15 is 0 Å². The molecular formula is C20H18F4N4O2. The molecule has 0 radical (unpaired) electrons. The minimum Gasteiger partial charge on any atom is -0.293 e. The minimum absolute atomic E-state index is 0.0529. The van der Waals surface area contributed by atoms with Crippen LogP contribution in [0.15, 0.2) is 35.1 Å². The zero-order valence-electron chi connectivity index (χ0n) is 16.1. The van der Waals surface area contributed by atoms with E-state index in [-0.39, 0.29) is 40.6 Å². The fraction of sp³-hybridized carbons (Fsp3) is 0.250. The van der Waals surface area contributed by atoms with Crippen LogP contribution in [0.25, 0.3) is 10.8 Å². The molecule has 0 saturated carbocycles. The van der Waals surface area contributed by atoms with E-state index in [0.717, 1.165) is 4.68 Å². The van der Waals surface area contributed by atoms with Gasteiger partial charge in [0.05, 0.1) is 5.39 Å². The average molecular weight is 422 g/mol. The number of aromatic nitrogens is 2. The van der Waals surface area contributed by atoms with E-state index in [9.17, 15) is 27.2 Å². The zero-order valence-corrected chi connectivity index (χ0v) is 16.1. The van der Waals surface area contributed by atoms with Crippen LogP contribution in [-0.4, -0.2) is 15.7 Å². The Morgan fingerprint density at radius 2 is 1.67 bits per heavy atom. The second kappa shape index (κ2) is 8.52. The van der Waals surface area contributed by atoms with E-state index < -0.39 is 34.9 Å². The lowest BCUT2D eigenvalue weighted by molar-refractivity contribution is 0.0956.